The molecule has 9 heavy (non-hydrogen) atoms. The molecule has 1 N–H and O–H groups in total. The van der Waals surface area contributed by atoms with E-state index in [1.807, 2.05) is 0 Å². The Morgan fingerprint density at radius 2 is 2.44 bits per heavy atom. The van der Waals surface area contributed by atoms with Gasteiger partial charge in [-0.2, -0.15) is 0 Å². The second-order valence-corrected chi connectivity index (χ2v) is 2.67. The molecule has 0 spiro atoms. The van der Waals surface area contributed by atoms with Gasteiger partial charge in [0, 0.05) is 19.6 Å². The van der Waals surface area contributed by atoms with E-state index in [4.69, 9.17) is 0 Å². The van der Waals surface area contributed by atoms with Crippen molar-refractivity contribution in [1.29, 1.82) is 0 Å². The average Bonchev–Trinajstić information content (AvgIpc) is 2.13. The van der Waals surface area contributed by atoms with Gasteiger partial charge < -0.3 is 0 Å². The number of nitrogens with one attached hydrogen (secondary N) is 1. The molecule has 52 valence electrons. The molecule has 1 atom stereocenters. The summed E-state index contributed by atoms with van der Waals surface area (Å²) in [6.45, 7) is 7.07. The lowest BCUT2D eigenvalue weighted by atomic mass is 10.1. The Hall–Kier alpha value is -0.340. The molecule has 1 heterocycles. The molecule has 0 saturated carbocycles. The summed E-state index contributed by atoms with van der Waals surface area (Å²) in [5.74, 6) is 0. The molecule has 1 unspecified atom stereocenters. The second kappa shape index (κ2) is 2.50. The van der Waals surface area contributed by atoms with Crippen molar-refractivity contribution in [3.05, 3.63) is 12.2 Å². The van der Waals surface area contributed by atoms with Crippen molar-refractivity contribution in [2.45, 2.75) is 19.4 Å². The lowest BCUT2D eigenvalue weighted by molar-refractivity contribution is 0.263. The number of hydrogen-bond donors (Lipinski definition) is 1. The molecule has 1 aliphatic heterocycles. The van der Waals surface area contributed by atoms with E-state index < -0.39 is 0 Å². The maximum atomic E-state index is 3.91. The van der Waals surface area contributed by atoms with Crippen LogP contribution in [-0.4, -0.2) is 24.6 Å². The summed E-state index contributed by atoms with van der Waals surface area (Å²) in [4.78, 5) is 0. The average molecular weight is 126 g/mol. The fraction of sp³-hybridized carbons (Fsp3) is 0.714. The zero-order valence-corrected chi connectivity index (χ0v) is 6.15. The van der Waals surface area contributed by atoms with E-state index in [-0.39, 0.29) is 0 Å². The SMILES string of the molecule is C=C(C)C1CCNN1C. The van der Waals surface area contributed by atoms with E-state index in [0.29, 0.717) is 6.04 Å². The molecule has 0 aromatic carbocycles. The number of likely N-dealkylation sites (N-methyl/N-ethyl adjacent to an activating group) is 1. The third-order valence-electron chi connectivity index (χ3n) is 1.82. The van der Waals surface area contributed by atoms with Crippen LogP contribution in [0.2, 0.25) is 0 Å². The Labute approximate surface area is 56.5 Å². The van der Waals surface area contributed by atoms with Crippen molar-refractivity contribution >= 4 is 0 Å². The second-order valence-electron chi connectivity index (χ2n) is 2.67. The van der Waals surface area contributed by atoms with E-state index in [2.05, 4.69) is 31.0 Å². The molecule has 2 heteroatoms. The summed E-state index contributed by atoms with van der Waals surface area (Å²) >= 11 is 0. The van der Waals surface area contributed by atoms with Gasteiger partial charge in [0.15, 0.2) is 0 Å². The standard InChI is InChI=1S/C7H14N2/c1-6(2)7-4-5-8-9(7)3/h7-8H,1,4-5H2,2-3H3. The van der Waals surface area contributed by atoms with Gasteiger partial charge in [-0.15, -0.1) is 0 Å². The van der Waals surface area contributed by atoms with Crippen LogP contribution in [0.4, 0.5) is 0 Å². The highest BCUT2D eigenvalue weighted by Crippen LogP contribution is 2.12. The van der Waals surface area contributed by atoms with Gasteiger partial charge in [0.2, 0.25) is 0 Å². The monoisotopic (exact) mass is 126 g/mol. The topological polar surface area (TPSA) is 15.3 Å². The first-order valence-corrected chi connectivity index (χ1v) is 3.33. The maximum absolute atomic E-state index is 3.91. The lowest BCUT2D eigenvalue weighted by Crippen LogP contribution is -2.33. The predicted octanol–water partition coefficient (Wildman–Crippen LogP) is 0.771. The molecule has 1 fully saturated rings. The quantitative estimate of drug-likeness (QED) is 0.522. The lowest BCUT2D eigenvalue weighted by Gasteiger charge is -2.18. The first kappa shape index (κ1) is 6.78. The van der Waals surface area contributed by atoms with E-state index in [9.17, 15) is 0 Å². The molecular weight excluding hydrogens is 112 g/mol. The first-order valence-electron chi connectivity index (χ1n) is 3.33. The Balaban J connectivity index is 2.49. The fourth-order valence-corrected chi connectivity index (χ4v) is 1.26. The minimum absolute atomic E-state index is 0.560. The van der Waals surface area contributed by atoms with Gasteiger partial charge in [-0.1, -0.05) is 12.2 Å². The van der Waals surface area contributed by atoms with Crippen molar-refractivity contribution in [2.75, 3.05) is 13.6 Å². The fourth-order valence-electron chi connectivity index (χ4n) is 1.26. The van der Waals surface area contributed by atoms with E-state index in [0.717, 1.165) is 6.54 Å². The van der Waals surface area contributed by atoms with Gasteiger partial charge in [-0.3, -0.25) is 5.43 Å². The summed E-state index contributed by atoms with van der Waals surface area (Å²) in [6, 6.07) is 0.560. The summed E-state index contributed by atoms with van der Waals surface area (Å²) in [5.41, 5.74) is 4.48. The molecule has 0 aromatic rings. The number of nitrogens with zero attached hydrogens (tertiary/aromatic N) is 1. The van der Waals surface area contributed by atoms with Crippen LogP contribution in [-0.2, 0) is 0 Å². The van der Waals surface area contributed by atoms with Crippen LogP contribution >= 0.6 is 0 Å². The third-order valence-corrected chi connectivity index (χ3v) is 1.82. The van der Waals surface area contributed by atoms with Gasteiger partial charge >= 0.3 is 0 Å². The molecule has 0 bridgehead atoms. The Morgan fingerprint density at radius 3 is 2.67 bits per heavy atom. The van der Waals surface area contributed by atoms with E-state index in [1.165, 1.54) is 12.0 Å². The molecular formula is C7H14N2. The molecule has 0 aromatic heterocycles. The number of rotatable bonds is 1. The van der Waals surface area contributed by atoms with Crippen LogP contribution in [0.3, 0.4) is 0 Å². The largest absolute Gasteiger partial charge is 0.255 e. The van der Waals surface area contributed by atoms with Crippen LogP contribution in [0.25, 0.3) is 0 Å². The predicted molar refractivity (Wildman–Crippen MR) is 39.0 cm³/mol. The number of hydrogen-bond acceptors (Lipinski definition) is 2. The van der Waals surface area contributed by atoms with Gasteiger partial charge in [0.25, 0.3) is 0 Å². The van der Waals surface area contributed by atoms with Crippen molar-refractivity contribution in [1.82, 2.24) is 10.4 Å². The zero-order chi connectivity index (χ0) is 6.85. The highest BCUT2D eigenvalue weighted by atomic mass is 15.5. The highest BCUT2D eigenvalue weighted by Gasteiger charge is 2.19. The summed E-state index contributed by atoms with van der Waals surface area (Å²) < 4.78 is 0. The molecule has 1 aliphatic rings. The van der Waals surface area contributed by atoms with E-state index in [1.54, 1.807) is 0 Å². The molecule has 1 rings (SSSR count). The molecule has 0 radical (unpaired) electrons. The van der Waals surface area contributed by atoms with Crippen LogP contribution in [0.5, 0.6) is 0 Å². The van der Waals surface area contributed by atoms with Crippen LogP contribution < -0.4 is 5.43 Å². The maximum Gasteiger partial charge on any atom is 0.0456 e. The number of hydrazine groups is 1. The minimum atomic E-state index is 0.560. The Morgan fingerprint density at radius 1 is 1.78 bits per heavy atom. The summed E-state index contributed by atoms with van der Waals surface area (Å²) in [5, 5.41) is 2.13. The minimum Gasteiger partial charge on any atom is -0.255 e. The van der Waals surface area contributed by atoms with Crippen molar-refractivity contribution in [3.63, 3.8) is 0 Å². The highest BCUT2D eigenvalue weighted by molar-refractivity contribution is 5.03. The smallest absolute Gasteiger partial charge is 0.0456 e. The van der Waals surface area contributed by atoms with Crippen LogP contribution in [0, 0.1) is 0 Å². The zero-order valence-electron chi connectivity index (χ0n) is 6.15. The van der Waals surface area contributed by atoms with Crippen molar-refractivity contribution in [2.24, 2.45) is 0 Å². The summed E-state index contributed by atoms with van der Waals surface area (Å²) in [6.07, 6.45) is 1.20. The van der Waals surface area contributed by atoms with Gasteiger partial charge in [-0.25, -0.2) is 5.01 Å². The first-order chi connectivity index (χ1) is 4.22. The third kappa shape index (κ3) is 1.32. The molecule has 1 saturated heterocycles. The van der Waals surface area contributed by atoms with Crippen LogP contribution in [0.1, 0.15) is 13.3 Å². The van der Waals surface area contributed by atoms with Crippen LogP contribution in [0.15, 0.2) is 12.2 Å². The Kier molecular flexibility index (Phi) is 1.88. The Bertz CT molecular complexity index is 120. The molecule has 0 amide bonds. The van der Waals surface area contributed by atoms with Gasteiger partial charge in [0.1, 0.15) is 0 Å². The molecule has 2 nitrogen and oxygen atoms in total. The van der Waals surface area contributed by atoms with Crippen molar-refractivity contribution < 1.29 is 0 Å². The summed E-state index contributed by atoms with van der Waals surface area (Å²) in [7, 11) is 2.06. The van der Waals surface area contributed by atoms with E-state index >= 15 is 0 Å². The van der Waals surface area contributed by atoms with Gasteiger partial charge in [-0.05, 0) is 13.3 Å². The van der Waals surface area contributed by atoms with Crippen molar-refractivity contribution in [3.8, 4) is 0 Å². The normalized spacial score (nSPS) is 28.9. The van der Waals surface area contributed by atoms with Gasteiger partial charge in [0.05, 0.1) is 0 Å². The molecule has 0 aliphatic carbocycles.